The van der Waals surface area contributed by atoms with Gasteiger partial charge in [-0.1, -0.05) is 41.5 Å². The van der Waals surface area contributed by atoms with Crippen LogP contribution in [-0.4, -0.2) is 23.3 Å². The van der Waals surface area contributed by atoms with Gasteiger partial charge < -0.3 is 9.31 Å². The number of aromatic nitrogens is 1. The number of rotatable bonds is 5. The number of hydrogen-bond donors (Lipinski definition) is 0. The number of halogens is 1. The maximum Gasteiger partial charge on any atom is 0.496 e. The molecule has 0 unspecified atom stereocenters. The fourth-order valence-electron chi connectivity index (χ4n) is 1.61. The van der Waals surface area contributed by atoms with Crippen molar-refractivity contribution in [1.29, 1.82) is 0 Å². The molecule has 0 radical (unpaired) electrons. The van der Waals surface area contributed by atoms with Gasteiger partial charge >= 0.3 is 7.12 Å². The molecule has 0 aromatic carbocycles. The first-order valence-electron chi connectivity index (χ1n) is 8.53. The molecule has 0 N–H and O–H groups in total. The van der Waals surface area contributed by atoms with Crippen LogP contribution in [0, 0.1) is 10.8 Å². The van der Waals surface area contributed by atoms with E-state index in [2.05, 4.69) is 90.2 Å². The predicted octanol–water partition coefficient (Wildman–Crippen LogP) is 5.22. The van der Waals surface area contributed by atoms with E-state index in [1.54, 1.807) is 6.20 Å². The number of nitrogens with zero attached hydrogens (tertiary/aromatic N) is 1. The largest absolute Gasteiger partial charge is 0.496 e. The average Bonchev–Trinajstić information content (AvgIpc) is 2.34. The SMILES string of the molecule is CC(C)(C)C(C)(C)OB(OC(C)(C)C(C)(C)C)c1cncc(Br)c1. The summed E-state index contributed by atoms with van der Waals surface area (Å²) in [4.78, 5) is 4.28. The van der Waals surface area contributed by atoms with E-state index in [0.29, 0.717) is 0 Å². The summed E-state index contributed by atoms with van der Waals surface area (Å²) < 4.78 is 13.9. The molecule has 0 saturated carbocycles. The normalized spacial score (nSPS) is 14.0. The van der Waals surface area contributed by atoms with Gasteiger partial charge in [-0.05, 0) is 60.5 Å². The van der Waals surface area contributed by atoms with E-state index in [1.165, 1.54) is 0 Å². The summed E-state index contributed by atoms with van der Waals surface area (Å²) in [6.07, 6.45) is 3.58. The van der Waals surface area contributed by atoms with Gasteiger partial charge in [-0.2, -0.15) is 0 Å². The average molecular weight is 398 g/mol. The van der Waals surface area contributed by atoms with Crippen molar-refractivity contribution in [3.63, 3.8) is 0 Å². The van der Waals surface area contributed by atoms with Crippen LogP contribution in [0.2, 0.25) is 0 Å². The van der Waals surface area contributed by atoms with Crippen LogP contribution in [0.1, 0.15) is 69.2 Å². The first-order chi connectivity index (χ1) is 10.6. The summed E-state index contributed by atoms with van der Waals surface area (Å²) in [5.74, 6) is 0. The Balaban J connectivity index is 3.23. The molecule has 5 heteroatoms. The molecule has 136 valence electrons. The highest BCUT2D eigenvalue weighted by atomic mass is 79.9. The highest BCUT2D eigenvalue weighted by Crippen LogP contribution is 2.37. The lowest BCUT2D eigenvalue weighted by molar-refractivity contribution is -0.0640. The minimum absolute atomic E-state index is 0.0279. The van der Waals surface area contributed by atoms with Crippen LogP contribution in [0.25, 0.3) is 0 Å². The molecular formula is C19H33BBrNO2. The zero-order valence-electron chi connectivity index (χ0n) is 17.0. The molecule has 0 aliphatic carbocycles. The lowest BCUT2D eigenvalue weighted by Gasteiger charge is -2.45. The van der Waals surface area contributed by atoms with Gasteiger partial charge in [0.25, 0.3) is 0 Å². The molecule has 0 aliphatic heterocycles. The molecule has 0 amide bonds. The van der Waals surface area contributed by atoms with Crippen molar-refractivity contribution in [2.45, 2.75) is 80.4 Å². The van der Waals surface area contributed by atoms with Crippen LogP contribution >= 0.6 is 15.9 Å². The van der Waals surface area contributed by atoms with Gasteiger partial charge in [-0.25, -0.2) is 0 Å². The number of pyridine rings is 1. The fourth-order valence-corrected chi connectivity index (χ4v) is 1.99. The van der Waals surface area contributed by atoms with Gasteiger partial charge in [0.2, 0.25) is 0 Å². The molecule has 1 heterocycles. The van der Waals surface area contributed by atoms with Crippen molar-refractivity contribution >= 4 is 28.5 Å². The smallest absolute Gasteiger partial charge is 0.402 e. The minimum Gasteiger partial charge on any atom is -0.402 e. The summed E-state index contributed by atoms with van der Waals surface area (Å²) in [5.41, 5.74) is 0.126. The summed E-state index contributed by atoms with van der Waals surface area (Å²) in [7, 11) is -0.488. The Morgan fingerprint density at radius 2 is 1.21 bits per heavy atom. The monoisotopic (exact) mass is 397 g/mol. The molecule has 1 aromatic heterocycles. The van der Waals surface area contributed by atoms with Crippen LogP contribution < -0.4 is 5.46 Å². The predicted molar refractivity (Wildman–Crippen MR) is 107 cm³/mol. The second-order valence-corrected chi connectivity index (χ2v) is 10.4. The Morgan fingerprint density at radius 1 is 0.792 bits per heavy atom. The van der Waals surface area contributed by atoms with E-state index in [1.807, 2.05) is 12.3 Å². The molecule has 1 rings (SSSR count). The van der Waals surface area contributed by atoms with Gasteiger partial charge in [0.05, 0.1) is 11.2 Å². The van der Waals surface area contributed by atoms with Crippen molar-refractivity contribution in [3.05, 3.63) is 22.9 Å². The fraction of sp³-hybridized carbons (Fsp3) is 0.737. The lowest BCUT2D eigenvalue weighted by Crippen LogP contribution is -2.54. The summed E-state index contributed by atoms with van der Waals surface area (Å²) in [6, 6.07) is 2.01. The highest BCUT2D eigenvalue weighted by molar-refractivity contribution is 9.10. The van der Waals surface area contributed by atoms with Crippen LogP contribution in [-0.2, 0) is 9.31 Å². The Hall–Kier alpha value is -0.385. The van der Waals surface area contributed by atoms with Crippen LogP contribution in [0.15, 0.2) is 22.9 Å². The highest BCUT2D eigenvalue weighted by Gasteiger charge is 2.44. The maximum atomic E-state index is 6.49. The molecule has 1 aromatic rings. The van der Waals surface area contributed by atoms with Gasteiger partial charge in [-0.15, -0.1) is 0 Å². The molecular weight excluding hydrogens is 365 g/mol. The molecule has 0 saturated heterocycles. The van der Waals surface area contributed by atoms with Crippen LogP contribution in [0.4, 0.5) is 0 Å². The van der Waals surface area contributed by atoms with E-state index >= 15 is 0 Å². The third-order valence-electron chi connectivity index (χ3n) is 5.41. The van der Waals surface area contributed by atoms with Crippen molar-refractivity contribution < 1.29 is 9.31 Å². The van der Waals surface area contributed by atoms with Gasteiger partial charge in [0.1, 0.15) is 0 Å². The third-order valence-corrected chi connectivity index (χ3v) is 5.85. The van der Waals surface area contributed by atoms with Crippen LogP contribution in [0.5, 0.6) is 0 Å². The molecule has 0 atom stereocenters. The summed E-state index contributed by atoms with van der Waals surface area (Å²) in [5, 5.41) is 0. The van der Waals surface area contributed by atoms with Gasteiger partial charge in [-0.3, -0.25) is 4.98 Å². The molecule has 24 heavy (non-hydrogen) atoms. The van der Waals surface area contributed by atoms with E-state index in [4.69, 9.17) is 9.31 Å². The number of hydrogen-bond acceptors (Lipinski definition) is 3. The van der Waals surface area contributed by atoms with E-state index in [0.717, 1.165) is 9.94 Å². The van der Waals surface area contributed by atoms with Crippen LogP contribution in [0.3, 0.4) is 0 Å². The first kappa shape index (κ1) is 21.7. The maximum absolute atomic E-state index is 6.49. The quantitative estimate of drug-likeness (QED) is 0.638. The van der Waals surface area contributed by atoms with Crippen molar-refractivity contribution in [2.75, 3.05) is 0 Å². The second kappa shape index (κ2) is 7.09. The second-order valence-electron chi connectivity index (χ2n) is 9.52. The topological polar surface area (TPSA) is 31.4 Å². The third kappa shape index (κ3) is 5.30. The molecule has 0 fully saturated rings. The Morgan fingerprint density at radius 3 is 1.54 bits per heavy atom. The zero-order chi connectivity index (χ0) is 19.0. The molecule has 3 nitrogen and oxygen atoms in total. The summed E-state index contributed by atoms with van der Waals surface area (Å²) >= 11 is 3.50. The Bertz CT molecular complexity index is 531. The van der Waals surface area contributed by atoms with Crippen molar-refractivity contribution in [3.8, 4) is 0 Å². The minimum atomic E-state index is -0.488. The van der Waals surface area contributed by atoms with Gasteiger partial charge in [0, 0.05) is 22.3 Å². The van der Waals surface area contributed by atoms with E-state index in [-0.39, 0.29) is 22.0 Å². The Kier molecular flexibility index (Phi) is 6.39. The van der Waals surface area contributed by atoms with E-state index < -0.39 is 7.12 Å². The molecule has 0 aliphatic rings. The zero-order valence-corrected chi connectivity index (χ0v) is 18.5. The Labute approximate surface area is 157 Å². The molecule has 0 spiro atoms. The standard InChI is InChI=1S/C19H33BBrNO2/c1-16(2,3)18(7,8)23-20(14-11-15(21)13-22-12-14)24-19(9,10)17(4,5)6/h11-13H,1-10H3. The van der Waals surface area contributed by atoms with Crippen molar-refractivity contribution in [2.24, 2.45) is 10.8 Å². The van der Waals surface area contributed by atoms with E-state index in [9.17, 15) is 0 Å². The van der Waals surface area contributed by atoms with Crippen molar-refractivity contribution in [1.82, 2.24) is 4.98 Å². The first-order valence-corrected chi connectivity index (χ1v) is 9.32. The summed E-state index contributed by atoms with van der Waals surface area (Å²) in [6.45, 7) is 21.5. The van der Waals surface area contributed by atoms with Gasteiger partial charge in [0.15, 0.2) is 0 Å². The lowest BCUT2D eigenvalue weighted by atomic mass is 9.71. The molecule has 0 bridgehead atoms.